The van der Waals surface area contributed by atoms with Crippen molar-refractivity contribution in [2.75, 3.05) is 0 Å². The maximum Gasteiger partial charge on any atom is 0.173 e. The van der Waals surface area contributed by atoms with Gasteiger partial charge >= 0.3 is 0 Å². The molecular weight excluding hydrogens is 322 g/mol. The number of fused-ring (bicyclic) bond motifs is 1. The molecule has 118 valence electrons. The Morgan fingerprint density at radius 1 is 1.25 bits per heavy atom. The van der Waals surface area contributed by atoms with Crippen LogP contribution >= 0.6 is 11.3 Å². The zero-order valence-corrected chi connectivity index (χ0v) is 13.7. The van der Waals surface area contributed by atoms with E-state index in [9.17, 15) is 4.79 Å². The summed E-state index contributed by atoms with van der Waals surface area (Å²) in [4.78, 5) is 21.2. The molecular formula is C17H13N5OS. The first-order chi connectivity index (χ1) is 11.7. The average molecular weight is 335 g/mol. The van der Waals surface area contributed by atoms with Crippen molar-refractivity contribution in [2.24, 2.45) is 0 Å². The third-order valence-corrected chi connectivity index (χ3v) is 4.65. The number of rotatable bonds is 4. The summed E-state index contributed by atoms with van der Waals surface area (Å²) in [7, 11) is 0. The minimum absolute atomic E-state index is 0.0155. The van der Waals surface area contributed by atoms with E-state index in [4.69, 9.17) is 0 Å². The standard InChI is InChI=1S/C17H13N5OS/c1-11-9-24-16(20-11)7-15(23)14-6-13(12-2-4-18-5-3-12)8-22-10-19-21-17(14)22/h2-6,8-10H,7H2,1H3. The Labute approximate surface area is 141 Å². The van der Waals surface area contributed by atoms with E-state index in [1.807, 2.05) is 36.7 Å². The molecule has 4 rings (SSSR count). The van der Waals surface area contributed by atoms with Gasteiger partial charge in [-0.15, -0.1) is 21.5 Å². The maximum absolute atomic E-state index is 12.8. The van der Waals surface area contributed by atoms with Crippen LogP contribution < -0.4 is 0 Å². The minimum atomic E-state index is -0.0155. The summed E-state index contributed by atoms with van der Waals surface area (Å²) in [6, 6.07) is 5.68. The number of hydrogen-bond donors (Lipinski definition) is 0. The van der Waals surface area contributed by atoms with Gasteiger partial charge in [-0.2, -0.15) is 0 Å². The monoisotopic (exact) mass is 335 g/mol. The van der Waals surface area contributed by atoms with Crippen LogP contribution in [0.25, 0.3) is 16.8 Å². The van der Waals surface area contributed by atoms with Crippen LogP contribution in [0.15, 0.2) is 48.5 Å². The fourth-order valence-corrected chi connectivity index (χ4v) is 3.33. The number of nitrogens with zero attached hydrogens (tertiary/aromatic N) is 5. The molecule has 0 unspecified atom stereocenters. The Morgan fingerprint density at radius 3 is 2.83 bits per heavy atom. The van der Waals surface area contributed by atoms with Gasteiger partial charge in [0.25, 0.3) is 0 Å². The highest BCUT2D eigenvalue weighted by atomic mass is 32.1. The summed E-state index contributed by atoms with van der Waals surface area (Å²) < 4.78 is 1.77. The Kier molecular flexibility index (Phi) is 3.62. The molecule has 4 aromatic heterocycles. The third kappa shape index (κ3) is 2.69. The maximum atomic E-state index is 12.8. The molecule has 0 aliphatic heterocycles. The number of pyridine rings is 2. The van der Waals surface area contributed by atoms with Crippen molar-refractivity contribution in [3.05, 3.63) is 64.8 Å². The lowest BCUT2D eigenvalue weighted by Crippen LogP contribution is -2.07. The molecule has 0 N–H and O–H groups in total. The molecule has 0 spiro atoms. The van der Waals surface area contributed by atoms with E-state index in [2.05, 4.69) is 20.2 Å². The zero-order valence-electron chi connectivity index (χ0n) is 12.9. The summed E-state index contributed by atoms with van der Waals surface area (Å²) >= 11 is 1.50. The zero-order chi connectivity index (χ0) is 16.5. The number of Topliss-reactive ketones (excluding diaryl/α,β-unsaturated/α-hetero) is 1. The lowest BCUT2D eigenvalue weighted by Gasteiger charge is -2.07. The van der Waals surface area contributed by atoms with E-state index in [1.165, 1.54) is 11.3 Å². The van der Waals surface area contributed by atoms with E-state index in [1.54, 1.807) is 23.1 Å². The first-order valence-electron chi connectivity index (χ1n) is 7.39. The van der Waals surface area contributed by atoms with E-state index < -0.39 is 0 Å². The Hall–Kier alpha value is -2.93. The van der Waals surface area contributed by atoms with Crippen LogP contribution in [0.2, 0.25) is 0 Å². The smallest absolute Gasteiger partial charge is 0.173 e. The van der Waals surface area contributed by atoms with Crippen LogP contribution in [0.5, 0.6) is 0 Å². The Bertz CT molecular complexity index is 1020. The summed E-state index contributed by atoms with van der Waals surface area (Å²) in [6.07, 6.45) is 7.23. The van der Waals surface area contributed by atoms with Gasteiger partial charge in [0.15, 0.2) is 11.4 Å². The molecule has 0 aliphatic rings. The van der Waals surface area contributed by atoms with Crippen molar-refractivity contribution in [3.63, 3.8) is 0 Å². The lowest BCUT2D eigenvalue weighted by atomic mass is 10.0. The molecule has 0 saturated heterocycles. The van der Waals surface area contributed by atoms with Crippen molar-refractivity contribution in [1.82, 2.24) is 24.6 Å². The largest absolute Gasteiger partial charge is 0.294 e. The van der Waals surface area contributed by atoms with Crippen LogP contribution in [0, 0.1) is 6.92 Å². The molecule has 0 atom stereocenters. The number of aromatic nitrogens is 5. The first kappa shape index (κ1) is 14.6. The molecule has 4 heterocycles. The quantitative estimate of drug-likeness (QED) is 0.536. The third-order valence-electron chi connectivity index (χ3n) is 3.68. The predicted octanol–water partition coefficient (Wildman–Crippen LogP) is 2.98. The van der Waals surface area contributed by atoms with Crippen LogP contribution in [0.3, 0.4) is 0 Å². The SMILES string of the molecule is Cc1csc(CC(=O)c2cc(-c3ccncc3)cn3cnnc23)n1. The summed E-state index contributed by atoms with van der Waals surface area (Å²) in [5, 5.41) is 10.8. The second-order valence-electron chi connectivity index (χ2n) is 5.42. The normalized spacial score (nSPS) is 11.0. The topological polar surface area (TPSA) is 73.0 Å². The van der Waals surface area contributed by atoms with Crippen LogP contribution in [0.1, 0.15) is 21.1 Å². The molecule has 0 fully saturated rings. The molecule has 0 bridgehead atoms. The van der Waals surface area contributed by atoms with Gasteiger partial charge in [-0.1, -0.05) is 0 Å². The number of carbonyl (C=O) groups excluding carboxylic acids is 1. The Morgan fingerprint density at radius 2 is 2.08 bits per heavy atom. The molecule has 7 heteroatoms. The van der Waals surface area contributed by atoms with Gasteiger partial charge in [0, 0.05) is 29.7 Å². The van der Waals surface area contributed by atoms with Crippen LogP contribution in [-0.4, -0.2) is 30.3 Å². The van der Waals surface area contributed by atoms with E-state index in [-0.39, 0.29) is 12.2 Å². The lowest BCUT2D eigenvalue weighted by molar-refractivity contribution is 0.0994. The predicted molar refractivity (Wildman–Crippen MR) is 91.1 cm³/mol. The summed E-state index contributed by atoms with van der Waals surface area (Å²) in [5.41, 5.74) is 3.95. The molecule has 0 saturated carbocycles. The van der Waals surface area contributed by atoms with Gasteiger partial charge in [-0.05, 0) is 36.2 Å². The van der Waals surface area contributed by atoms with Crippen molar-refractivity contribution < 1.29 is 4.79 Å². The molecule has 0 amide bonds. The molecule has 6 nitrogen and oxygen atoms in total. The van der Waals surface area contributed by atoms with Gasteiger partial charge in [-0.3, -0.25) is 14.2 Å². The number of hydrogen-bond acceptors (Lipinski definition) is 6. The van der Waals surface area contributed by atoms with Gasteiger partial charge in [0.2, 0.25) is 0 Å². The summed E-state index contributed by atoms with van der Waals surface area (Å²) in [5.74, 6) is -0.0155. The van der Waals surface area contributed by atoms with E-state index in [0.29, 0.717) is 11.2 Å². The molecule has 0 aliphatic carbocycles. The fourth-order valence-electron chi connectivity index (χ4n) is 2.56. The van der Waals surface area contributed by atoms with E-state index in [0.717, 1.165) is 21.8 Å². The van der Waals surface area contributed by atoms with Gasteiger partial charge < -0.3 is 0 Å². The number of ketones is 1. The first-order valence-corrected chi connectivity index (χ1v) is 8.26. The number of carbonyl (C=O) groups is 1. The molecule has 24 heavy (non-hydrogen) atoms. The number of aryl methyl sites for hydroxylation is 1. The van der Waals surface area contributed by atoms with E-state index >= 15 is 0 Å². The van der Waals surface area contributed by atoms with Crippen LogP contribution in [0.4, 0.5) is 0 Å². The van der Waals surface area contributed by atoms with Crippen molar-refractivity contribution in [3.8, 4) is 11.1 Å². The van der Waals surface area contributed by atoms with Crippen molar-refractivity contribution in [1.29, 1.82) is 0 Å². The van der Waals surface area contributed by atoms with Crippen LogP contribution in [-0.2, 0) is 6.42 Å². The highest BCUT2D eigenvalue weighted by Crippen LogP contribution is 2.23. The van der Waals surface area contributed by atoms with Crippen molar-refractivity contribution in [2.45, 2.75) is 13.3 Å². The molecule has 4 aromatic rings. The number of thiazole rings is 1. The van der Waals surface area contributed by atoms with Gasteiger partial charge in [-0.25, -0.2) is 4.98 Å². The minimum Gasteiger partial charge on any atom is -0.294 e. The average Bonchev–Trinajstić information content (AvgIpc) is 3.23. The second kappa shape index (κ2) is 5.93. The van der Waals surface area contributed by atoms with Crippen molar-refractivity contribution >= 4 is 22.8 Å². The van der Waals surface area contributed by atoms with Gasteiger partial charge in [0.1, 0.15) is 11.3 Å². The highest BCUT2D eigenvalue weighted by Gasteiger charge is 2.16. The summed E-state index contributed by atoms with van der Waals surface area (Å²) in [6.45, 7) is 1.92. The second-order valence-corrected chi connectivity index (χ2v) is 6.37. The van der Waals surface area contributed by atoms with Gasteiger partial charge in [0.05, 0.1) is 12.0 Å². The Balaban J connectivity index is 1.78. The fraction of sp³-hybridized carbons (Fsp3) is 0.118. The molecule has 0 radical (unpaired) electrons. The highest BCUT2D eigenvalue weighted by molar-refractivity contribution is 7.09. The molecule has 0 aromatic carbocycles.